The number of hydrogen-bond acceptors (Lipinski definition) is 2. The van der Waals surface area contributed by atoms with Crippen molar-refractivity contribution in [3.63, 3.8) is 0 Å². The molecule has 0 aliphatic rings. The van der Waals surface area contributed by atoms with E-state index in [0.29, 0.717) is 12.1 Å². The molecule has 0 aliphatic carbocycles. The van der Waals surface area contributed by atoms with Crippen LogP contribution in [0.5, 0.6) is 0 Å². The molecule has 1 aromatic carbocycles. The highest BCUT2D eigenvalue weighted by Crippen LogP contribution is 2.35. The van der Waals surface area contributed by atoms with Gasteiger partial charge in [0.05, 0.1) is 17.2 Å². The Morgan fingerprint density at radius 1 is 1.38 bits per heavy atom. The maximum Gasteiger partial charge on any atom is 0.419 e. The van der Waals surface area contributed by atoms with Gasteiger partial charge in [-0.1, -0.05) is 0 Å². The molecule has 16 heavy (non-hydrogen) atoms. The first-order chi connectivity index (χ1) is 7.27. The molecule has 0 heterocycles. The summed E-state index contributed by atoms with van der Waals surface area (Å²) < 4.78 is 50.2. The number of nitrogens with zero attached hydrogens (tertiary/aromatic N) is 1. The van der Waals surface area contributed by atoms with Crippen molar-refractivity contribution in [1.82, 2.24) is 0 Å². The van der Waals surface area contributed by atoms with Crippen LogP contribution in [0.25, 0.3) is 0 Å². The summed E-state index contributed by atoms with van der Waals surface area (Å²) in [5.74, 6) is -1.70. The van der Waals surface area contributed by atoms with Gasteiger partial charge in [0.2, 0.25) is 0 Å². The van der Waals surface area contributed by atoms with Crippen molar-refractivity contribution >= 4 is 16.8 Å². The summed E-state index contributed by atoms with van der Waals surface area (Å²) in [5.41, 5.74) is -3.23. The van der Waals surface area contributed by atoms with Crippen LogP contribution >= 0.6 is 11.6 Å². The van der Waals surface area contributed by atoms with Crippen LogP contribution in [0.1, 0.15) is 21.5 Å². The van der Waals surface area contributed by atoms with Crippen LogP contribution in [0.2, 0.25) is 0 Å². The summed E-state index contributed by atoms with van der Waals surface area (Å²) in [4.78, 5) is 10.7. The van der Waals surface area contributed by atoms with Crippen LogP contribution < -0.4 is 0 Å². The number of halogens is 5. The third-order valence-corrected chi connectivity index (χ3v) is 1.92. The largest absolute Gasteiger partial charge is 0.419 e. The Kier molecular flexibility index (Phi) is 3.19. The monoisotopic (exact) mass is 251 g/mol. The standard InChI is InChI=1S/C9H2ClF4NO/c10-8(16)5-1-4(3-15)2-6(11)7(5)9(12,13)14/h1-2H. The number of rotatable bonds is 1. The Balaban J connectivity index is 3.61. The van der Waals surface area contributed by atoms with E-state index in [0.717, 1.165) is 0 Å². The lowest BCUT2D eigenvalue weighted by atomic mass is 10.0. The van der Waals surface area contributed by atoms with Crippen molar-refractivity contribution in [3.05, 3.63) is 34.6 Å². The van der Waals surface area contributed by atoms with Gasteiger partial charge in [0.25, 0.3) is 5.24 Å². The van der Waals surface area contributed by atoms with E-state index in [9.17, 15) is 22.4 Å². The van der Waals surface area contributed by atoms with Crippen LogP contribution in [0, 0.1) is 17.1 Å². The SMILES string of the molecule is N#Cc1cc(F)c(C(F)(F)F)c(C(=O)Cl)c1. The van der Waals surface area contributed by atoms with E-state index in [4.69, 9.17) is 16.9 Å². The van der Waals surface area contributed by atoms with Crippen molar-refractivity contribution in [2.45, 2.75) is 6.18 Å². The van der Waals surface area contributed by atoms with E-state index in [-0.39, 0.29) is 0 Å². The van der Waals surface area contributed by atoms with Crippen LogP contribution in [-0.4, -0.2) is 5.24 Å². The van der Waals surface area contributed by atoms with E-state index in [1.807, 2.05) is 0 Å². The fourth-order valence-corrected chi connectivity index (χ4v) is 1.26. The van der Waals surface area contributed by atoms with E-state index in [1.165, 1.54) is 6.07 Å². The molecule has 1 rings (SSSR count). The van der Waals surface area contributed by atoms with Crippen molar-refractivity contribution in [1.29, 1.82) is 5.26 Å². The number of benzene rings is 1. The average Bonchev–Trinajstić information content (AvgIpc) is 2.14. The van der Waals surface area contributed by atoms with Gasteiger partial charge in [-0.15, -0.1) is 0 Å². The molecule has 0 fully saturated rings. The first-order valence-electron chi connectivity index (χ1n) is 3.78. The molecule has 0 radical (unpaired) electrons. The third kappa shape index (κ3) is 2.31. The second kappa shape index (κ2) is 4.10. The van der Waals surface area contributed by atoms with Gasteiger partial charge in [0, 0.05) is 0 Å². The van der Waals surface area contributed by atoms with Gasteiger partial charge in [-0.2, -0.15) is 18.4 Å². The highest BCUT2D eigenvalue weighted by Gasteiger charge is 2.38. The molecule has 0 unspecified atom stereocenters. The number of carbonyl (C=O) groups is 1. The van der Waals surface area contributed by atoms with Crippen molar-refractivity contribution < 1.29 is 22.4 Å². The van der Waals surface area contributed by atoms with Crippen molar-refractivity contribution in [2.75, 3.05) is 0 Å². The van der Waals surface area contributed by atoms with Crippen LogP contribution in [-0.2, 0) is 6.18 Å². The number of alkyl halides is 3. The van der Waals surface area contributed by atoms with Gasteiger partial charge in [0.1, 0.15) is 11.4 Å². The zero-order chi connectivity index (χ0) is 12.5. The molecule has 2 nitrogen and oxygen atoms in total. The minimum Gasteiger partial charge on any atom is -0.276 e. The summed E-state index contributed by atoms with van der Waals surface area (Å²) >= 11 is 4.90. The average molecular weight is 252 g/mol. The lowest BCUT2D eigenvalue weighted by Gasteiger charge is -2.11. The smallest absolute Gasteiger partial charge is 0.276 e. The molecular weight excluding hydrogens is 250 g/mol. The summed E-state index contributed by atoms with van der Waals surface area (Å²) in [6.45, 7) is 0. The maximum absolute atomic E-state index is 13.1. The maximum atomic E-state index is 13.1. The molecule has 0 aliphatic heterocycles. The Morgan fingerprint density at radius 3 is 2.31 bits per heavy atom. The molecule has 1 aromatic rings. The summed E-state index contributed by atoms with van der Waals surface area (Å²) in [6.07, 6.45) is -5.04. The zero-order valence-electron chi connectivity index (χ0n) is 7.40. The first kappa shape index (κ1) is 12.5. The normalized spacial score (nSPS) is 11.0. The molecular formula is C9H2ClF4NO. The van der Waals surface area contributed by atoms with Gasteiger partial charge in [-0.05, 0) is 23.7 Å². The highest BCUT2D eigenvalue weighted by atomic mass is 35.5. The molecule has 0 saturated carbocycles. The van der Waals surface area contributed by atoms with Gasteiger partial charge < -0.3 is 0 Å². The number of carbonyl (C=O) groups excluding carboxylic acids is 1. The Bertz CT molecular complexity index is 490. The number of nitriles is 1. The van der Waals surface area contributed by atoms with Gasteiger partial charge >= 0.3 is 6.18 Å². The Hall–Kier alpha value is -1.61. The molecule has 84 valence electrons. The molecule has 0 aromatic heterocycles. The van der Waals surface area contributed by atoms with Crippen molar-refractivity contribution in [3.8, 4) is 6.07 Å². The quantitative estimate of drug-likeness (QED) is 0.568. The molecule has 7 heteroatoms. The predicted molar refractivity (Wildman–Crippen MR) is 46.3 cm³/mol. The van der Waals surface area contributed by atoms with Gasteiger partial charge in [-0.3, -0.25) is 4.79 Å². The minimum atomic E-state index is -5.04. The molecule has 0 saturated heterocycles. The second-order valence-corrected chi connectivity index (χ2v) is 3.11. The predicted octanol–water partition coefficient (Wildman–Crippen LogP) is 3.10. The highest BCUT2D eigenvalue weighted by molar-refractivity contribution is 6.68. The number of hydrogen-bond donors (Lipinski definition) is 0. The molecule has 0 atom stereocenters. The topological polar surface area (TPSA) is 40.9 Å². The summed E-state index contributed by atoms with van der Waals surface area (Å²) in [5, 5.41) is 6.94. The summed E-state index contributed by atoms with van der Waals surface area (Å²) in [6, 6.07) is 2.42. The van der Waals surface area contributed by atoms with E-state index < -0.39 is 33.9 Å². The van der Waals surface area contributed by atoms with E-state index in [1.54, 1.807) is 0 Å². The fourth-order valence-electron chi connectivity index (χ4n) is 1.11. The Morgan fingerprint density at radius 2 is 1.94 bits per heavy atom. The fraction of sp³-hybridized carbons (Fsp3) is 0.111. The zero-order valence-corrected chi connectivity index (χ0v) is 8.16. The van der Waals surface area contributed by atoms with Gasteiger partial charge in [0.15, 0.2) is 0 Å². The van der Waals surface area contributed by atoms with Crippen LogP contribution in [0.15, 0.2) is 12.1 Å². The second-order valence-electron chi connectivity index (χ2n) is 2.76. The van der Waals surface area contributed by atoms with Crippen LogP contribution in [0.4, 0.5) is 17.6 Å². The minimum absolute atomic E-state index is 0.395. The van der Waals surface area contributed by atoms with E-state index >= 15 is 0 Å². The molecule has 0 spiro atoms. The van der Waals surface area contributed by atoms with E-state index in [2.05, 4.69) is 0 Å². The van der Waals surface area contributed by atoms with Crippen LogP contribution in [0.3, 0.4) is 0 Å². The van der Waals surface area contributed by atoms with Gasteiger partial charge in [-0.25, -0.2) is 4.39 Å². The summed E-state index contributed by atoms with van der Waals surface area (Å²) in [7, 11) is 0. The first-order valence-corrected chi connectivity index (χ1v) is 4.16. The Labute approximate surface area is 92.0 Å². The lowest BCUT2D eigenvalue weighted by molar-refractivity contribution is -0.140. The molecule has 0 amide bonds. The lowest BCUT2D eigenvalue weighted by Crippen LogP contribution is -2.14. The molecule has 0 N–H and O–H groups in total. The van der Waals surface area contributed by atoms with Crippen molar-refractivity contribution in [2.24, 2.45) is 0 Å². The third-order valence-electron chi connectivity index (χ3n) is 1.71. The molecule has 0 bridgehead atoms.